The highest BCUT2D eigenvalue weighted by atomic mass is 16.4. The van der Waals surface area contributed by atoms with Crippen LogP contribution < -0.4 is 15.1 Å². The average Bonchev–Trinajstić information content (AvgIpc) is 3.25. The number of nitrogens with one attached hydrogen (secondary N) is 1. The van der Waals surface area contributed by atoms with Gasteiger partial charge in [0.05, 0.1) is 6.54 Å². The van der Waals surface area contributed by atoms with E-state index < -0.39 is 0 Å². The first kappa shape index (κ1) is 18.0. The molecule has 2 aliphatic rings. The summed E-state index contributed by atoms with van der Waals surface area (Å²) < 4.78 is 5.41. The van der Waals surface area contributed by atoms with Crippen LogP contribution in [0.2, 0.25) is 0 Å². The van der Waals surface area contributed by atoms with Gasteiger partial charge in [0.25, 0.3) is 0 Å². The van der Waals surface area contributed by atoms with E-state index >= 15 is 0 Å². The number of rotatable bonds is 5. The number of aromatic nitrogens is 2. The van der Waals surface area contributed by atoms with Crippen LogP contribution in [0.5, 0.6) is 0 Å². The van der Waals surface area contributed by atoms with Crippen molar-refractivity contribution in [3.63, 3.8) is 0 Å². The molecule has 2 aromatic rings. The molecule has 7 heteroatoms. The normalized spacial score (nSPS) is 21.3. The Morgan fingerprint density at radius 1 is 1.11 bits per heavy atom. The molecule has 4 rings (SSSR count). The highest BCUT2D eigenvalue weighted by Gasteiger charge is 2.28. The van der Waals surface area contributed by atoms with E-state index in [1.54, 1.807) is 6.92 Å². The number of hydrogen-bond acceptors (Lipinski definition) is 6. The molecule has 144 valence electrons. The van der Waals surface area contributed by atoms with E-state index in [1.807, 2.05) is 4.90 Å². The van der Waals surface area contributed by atoms with E-state index in [9.17, 15) is 4.79 Å². The van der Waals surface area contributed by atoms with Crippen molar-refractivity contribution in [2.45, 2.75) is 58.2 Å². The number of carbonyl (C=O) groups is 1. The highest BCUT2D eigenvalue weighted by Crippen LogP contribution is 2.29. The van der Waals surface area contributed by atoms with Crippen LogP contribution in [0.1, 0.15) is 44.4 Å². The molecule has 0 saturated carbocycles. The number of benzene rings is 1. The lowest BCUT2D eigenvalue weighted by Crippen LogP contribution is -2.42. The molecule has 0 radical (unpaired) electrons. The molecule has 0 aliphatic carbocycles. The summed E-state index contributed by atoms with van der Waals surface area (Å²) in [5, 5.41) is 11.4. The minimum atomic E-state index is 0.235. The van der Waals surface area contributed by atoms with Crippen LogP contribution >= 0.6 is 0 Å². The molecule has 1 atom stereocenters. The summed E-state index contributed by atoms with van der Waals surface area (Å²) in [5.41, 5.74) is 2.24. The lowest BCUT2D eigenvalue weighted by Gasteiger charge is -2.34. The van der Waals surface area contributed by atoms with Gasteiger partial charge in [-0.2, -0.15) is 0 Å². The topological polar surface area (TPSA) is 74.5 Å². The Labute approximate surface area is 159 Å². The van der Waals surface area contributed by atoms with Gasteiger partial charge in [0.15, 0.2) is 0 Å². The molecule has 3 heterocycles. The van der Waals surface area contributed by atoms with Gasteiger partial charge in [0, 0.05) is 49.9 Å². The van der Waals surface area contributed by atoms with E-state index in [1.165, 1.54) is 5.69 Å². The van der Waals surface area contributed by atoms with Crippen molar-refractivity contribution in [2.24, 2.45) is 0 Å². The zero-order chi connectivity index (χ0) is 18.8. The Hall–Kier alpha value is -2.41. The van der Waals surface area contributed by atoms with Crippen LogP contribution in [0.4, 0.5) is 11.4 Å². The first-order chi connectivity index (χ1) is 13.1. The zero-order valence-corrected chi connectivity index (χ0v) is 16.0. The molecule has 0 unspecified atom stereocenters. The number of aryl methyl sites for hydroxylation is 1. The van der Waals surface area contributed by atoms with Crippen molar-refractivity contribution in [3.8, 4) is 0 Å². The summed E-state index contributed by atoms with van der Waals surface area (Å²) in [7, 11) is 0. The summed E-state index contributed by atoms with van der Waals surface area (Å²) in [5.74, 6) is 1.49. The smallest absolute Gasteiger partial charge is 0.230 e. The summed E-state index contributed by atoms with van der Waals surface area (Å²) >= 11 is 0. The summed E-state index contributed by atoms with van der Waals surface area (Å²) in [6.45, 7) is 6.58. The molecule has 1 aromatic carbocycles. The monoisotopic (exact) mass is 369 g/mol. The maximum Gasteiger partial charge on any atom is 0.230 e. The fourth-order valence-electron chi connectivity index (χ4n) is 4.03. The van der Waals surface area contributed by atoms with E-state index in [0.717, 1.165) is 38.0 Å². The van der Waals surface area contributed by atoms with Crippen molar-refractivity contribution in [1.29, 1.82) is 0 Å². The second kappa shape index (κ2) is 7.68. The van der Waals surface area contributed by atoms with Crippen molar-refractivity contribution in [3.05, 3.63) is 36.0 Å². The average molecular weight is 369 g/mol. The highest BCUT2D eigenvalue weighted by molar-refractivity contribution is 5.96. The Kier molecular flexibility index (Phi) is 5.11. The van der Waals surface area contributed by atoms with Gasteiger partial charge in [-0.1, -0.05) is 0 Å². The van der Waals surface area contributed by atoms with Gasteiger partial charge in [-0.05, 0) is 50.5 Å². The first-order valence-corrected chi connectivity index (χ1v) is 9.79. The van der Waals surface area contributed by atoms with Crippen LogP contribution in [0.15, 0.2) is 28.7 Å². The van der Waals surface area contributed by atoms with Gasteiger partial charge in [0.2, 0.25) is 17.7 Å². The molecule has 2 aliphatic heterocycles. The Balaban J connectivity index is 1.29. The SMILES string of the molecule is Cc1nnc(CNC2CCN(c3ccc(N4C(=O)CC[C@H]4C)cc3)CC2)o1. The number of hydrogen-bond donors (Lipinski definition) is 1. The fraction of sp³-hybridized carbons (Fsp3) is 0.550. The standard InChI is InChI=1S/C20H27N5O2/c1-14-3-8-20(26)25(14)18-6-4-17(5-7-18)24-11-9-16(10-12-24)21-13-19-23-22-15(2)27-19/h4-7,14,16,21H,3,8-13H2,1-2H3/t14-/m1/s1. The molecule has 2 fully saturated rings. The quantitative estimate of drug-likeness (QED) is 0.873. The molecular formula is C20H27N5O2. The van der Waals surface area contributed by atoms with Gasteiger partial charge in [-0.25, -0.2) is 0 Å². The molecule has 0 spiro atoms. The second-order valence-corrected chi connectivity index (χ2v) is 7.52. The molecule has 27 heavy (non-hydrogen) atoms. The predicted octanol–water partition coefficient (Wildman–Crippen LogP) is 2.65. The van der Waals surface area contributed by atoms with Gasteiger partial charge < -0.3 is 19.5 Å². The fourth-order valence-corrected chi connectivity index (χ4v) is 4.03. The molecule has 1 amide bonds. The minimum absolute atomic E-state index is 0.235. The Morgan fingerprint density at radius 3 is 2.41 bits per heavy atom. The molecular weight excluding hydrogens is 342 g/mol. The third kappa shape index (κ3) is 3.98. The molecule has 1 aromatic heterocycles. The van der Waals surface area contributed by atoms with E-state index in [-0.39, 0.29) is 5.91 Å². The number of amides is 1. The van der Waals surface area contributed by atoms with Crippen molar-refractivity contribution in [2.75, 3.05) is 22.9 Å². The third-order valence-electron chi connectivity index (χ3n) is 5.58. The predicted molar refractivity (Wildman–Crippen MR) is 104 cm³/mol. The first-order valence-electron chi connectivity index (χ1n) is 9.79. The Morgan fingerprint density at radius 2 is 1.81 bits per heavy atom. The van der Waals surface area contributed by atoms with Crippen LogP contribution in [0, 0.1) is 6.92 Å². The molecule has 2 saturated heterocycles. The lowest BCUT2D eigenvalue weighted by atomic mass is 10.0. The molecule has 1 N–H and O–H groups in total. The molecule has 0 bridgehead atoms. The summed E-state index contributed by atoms with van der Waals surface area (Å²) in [6, 6.07) is 9.21. The number of carbonyl (C=O) groups excluding carboxylic acids is 1. The van der Waals surface area contributed by atoms with Crippen molar-refractivity contribution >= 4 is 17.3 Å². The zero-order valence-electron chi connectivity index (χ0n) is 16.0. The lowest BCUT2D eigenvalue weighted by molar-refractivity contribution is -0.117. The minimum Gasteiger partial charge on any atom is -0.424 e. The third-order valence-corrected chi connectivity index (χ3v) is 5.58. The Bertz CT molecular complexity index is 780. The summed E-state index contributed by atoms with van der Waals surface area (Å²) in [6.07, 6.45) is 3.77. The second-order valence-electron chi connectivity index (χ2n) is 7.52. The van der Waals surface area contributed by atoms with E-state index in [4.69, 9.17) is 4.42 Å². The number of nitrogens with zero attached hydrogens (tertiary/aromatic N) is 4. The van der Waals surface area contributed by atoms with E-state index in [0.29, 0.717) is 36.8 Å². The van der Waals surface area contributed by atoms with Gasteiger partial charge in [0.1, 0.15) is 0 Å². The van der Waals surface area contributed by atoms with Crippen molar-refractivity contribution < 1.29 is 9.21 Å². The van der Waals surface area contributed by atoms with Gasteiger partial charge in [-0.15, -0.1) is 10.2 Å². The van der Waals surface area contributed by atoms with Crippen LogP contribution in [0.3, 0.4) is 0 Å². The molecule has 7 nitrogen and oxygen atoms in total. The van der Waals surface area contributed by atoms with E-state index in [2.05, 4.69) is 51.6 Å². The van der Waals surface area contributed by atoms with Crippen molar-refractivity contribution in [1.82, 2.24) is 15.5 Å². The van der Waals surface area contributed by atoms with Crippen LogP contribution in [0.25, 0.3) is 0 Å². The van der Waals surface area contributed by atoms with Crippen LogP contribution in [-0.2, 0) is 11.3 Å². The van der Waals surface area contributed by atoms with Gasteiger partial charge in [-0.3, -0.25) is 4.79 Å². The van der Waals surface area contributed by atoms with Gasteiger partial charge >= 0.3 is 0 Å². The maximum atomic E-state index is 12.1. The summed E-state index contributed by atoms with van der Waals surface area (Å²) in [4.78, 5) is 16.4. The number of anilines is 2. The van der Waals surface area contributed by atoms with Crippen LogP contribution in [-0.4, -0.2) is 41.3 Å². The largest absolute Gasteiger partial charge is 0.424 e. The number of piperidine rings is 1. The maximum absolute atomic E-state index is 12.1.